The van der Waals surface area contributed by atoms with E-state index in [9.17, 15) is 9.59 Å². The fourth-order valence-corrected chi connectivity index (χ4v) is 2.15. The highest BCUT2D eigenvalue weighted by molar-refractivity contribution is 6.08. The number of rotatable bonds is 4. The van der Waals surface area contributed by atoms with Gasteiger partial charge in [-0.1, -0.05) is 6.07 Å². The van der Waals surface area contributed by atoms with Crippen LogP contribution >= 0.6 is 0 Å². The zero-order valence-corrected chi connectivity index (χ0v) is 12.4. The van der Waals surface area contributed by atoms with E-state index in [-0.39, 0.29) is 11.7 Å². The average Bonchev–Trinajstić information content (AvgIpc) is 3.06. The summed E-state index contributed by atoms with van der Waals surface area (Å²) < 4.78 is 0. The third kappa shape index (κ3) is 3.16. The van der Waals surface area contributed by atoms with E-state index in [1.807, 2.05) is 6.07 Å². The highest BCUT2D eigenvalue weighted by Gasteiger charge is 2.16. The minimum absolute atomic E-state index is 0.0184. The van der Waals surface area contributed by atoms with E-state index in [4.69, 9.17) is 0 Å². The highest BCUT2D eigenvalue weighted by atomic mass is 16.1. The molecule has 2 aromatic heterocycles. The summed E-state index contributed by atoms with van der Waals surface area (Å²) in [6, 6.07) is 12.2. The average molecular weight is 306 g/mol. The standard InChI is InChI=1S/C17H14N4O2/c1-11(22)12-5-7-13(8-6-12)20-17(23)14-10-19-21-16(14)15-4-2-3-9-18-15/h2-10H,1H3,(H,19,21)(H,20,23). The van der Waals surface area contributed by atoms with Gasteiger partial charge in [0.2, 0.25) is 0 Å². The lowest BCUT2D eigenvalue weighted by molar-refractivity contribution is 0.101. The van der Waals surface area contributed by atoms with Gasteiger partial charge in [-0.25, -0.2) is 0 Å². The topological polar surface area (TPSA) is 87.7 Å². The van der Waals surface area contributed by atoms with Crippen molar-refractivity contribution in [2.45, 2.75) is 6.92 Å². The first-order valence-electron chi connectivity index (χ1n) is 7.02. The Balaban J connectivity index is 1.82. The molecule has 2 heterocycles. The van der Waals surface area contributed by atoms with Gasteiger partial charge in [0.05, 0.1) is 23.1 Å². The van der Waals surface area contributed by atoms with Crippen molar-refractivity contribution in [3.63, 3.8) is 0 Å². The molecule has 3 aromatic rings. The molecule has 3 rings (SSSR count). The Labute approximate surface area is 132 Å². The molecule has 0 aliphatic rings. The number of hydrogen-bond donors (Lipinski definition) is 2. The Kier molecular flexibility index (Phi) is 3.97. The van der Waals surface area contributed by atoms with Gasteiger partial charge in [0.25, 0.3) is 5.91 Å². The van der Waals surface area contributed by atoms with Gasteiger partial charge in [0, 0.05) is 17.4 Å². The number of ketones is 1. The summed E-state index contributed by atoms with van der Waals surface area (Å²) in [6.45, 7) is 1.50. The van der Waals surface area contributed by atoms with Crippen LogP contribution in [-0.2, 0) is 0 Å². The second-order valence-electron chi connectivity index (χ2n) is 4.96. The molecule has 0 radical (unpaired) electrons. The number of pyridine rings is 1. The smallest absolute Gasteiger partial charge is 0.259 e. The second kappa shape index (κ2) is 6.23. The van der Waals surface area contributed by atoms with Crippen LogP contribution in [0, 0.1) is 0 Å². The largest absolute Gasteiger partial charge is 0.322 e. The quantitative estimate of drug-likeness (QED) is 0.725. The van der Waals surface area contributed by atoms with E-state index in [1.165, 1.54) is 13.1 Å². The molecule has 1 amide bonds. The highest BCUT2D eigenvalue weighted by Crippen LogP contribution is 2.20. The first-order chi connectivity index (χ1) is 11.1. The van der Waals surface area contributed by atoms with Crippen LogP contribution < -0.4 is 5.32 Å². The number of aromatic amines is 1. The van der Waals surface area contributed by atoms with Crippen LogP contribution in [0.2, 0.25) is 0 Å². The van der Waals surface area contributed by atoms with E-state index >= 15 is 0 Å². The molecule has 6 nitrogen and oxygen atoms in total. The fraction of sp³-hybridized carbons (Fsp3) is 0.0588. The lowest BCUT2D eigenvalue weighted by Crippen LogP contribution is -2.12. The Morgan fingerprint density at radius 3 is 2.52 bits per heavy atom. The molecule has 0 atom stereocenters. The molecule has 23 heavy (non-hydrogen) atoms. The molecule has 0 saturated carbocycles. The number of aromatic nitrogens is 3. The minimum atomic E-state index is -0.296. The van der Waals surface area contributed by atoms with Crippen molar-refractivity contribution in [1.29, 1.82) is 0 Å². The van der Waals surface area contributed by atoms with Gasteiger partial charge < -0.3 is 5.32 Å². The molecule has 0 bridgehead atoms. The van der Waals surface area contributed by atoms with E-state index in [0.29, 0.717) is 28.2 Å². The summed E-state index contributed by atoms with van der Waals surface area (Å²) in [5.74, 6) is -0.315. The number of Topliss-reactive ketones (excluding diaryl/α,β-unsaturated/α-hetero) is 1. The van der Waals surface area contributed by atoms with Gasteiger partial charge in [-0.2, -0.15) is 5.10 Å². The number of amides is 1. The molecule has 0 fully saturated rings. The maximum Gasteiger partial charge on any atom is 0.259 e. The number of H-pyrrole nitrogens is 1. The van der Waals surface area contributed by atoms with Crippen LogP contribution in [0.15, 0.2) is 54.9 Å². The summed E-state index contributed by atoms with van der Waals surface area (Å²) >= 11 is 0. The van der Waals surface area contributed by atoms with Crippen molar-refractivity contribution in [3.8, 4) is 11.4 Å². The summed E-state index contributed by atoms with van der Waals surface area (Å²) in [7, 11) is 0. The first kappa shape index (κ1) is 14.6. The molecular formula is C17H14N4O2. The number of hydrogen-bond acceptors (Lipinski definition) is 4. The van der Waals surface area contributed by atoms with Crippen LogP contribution in [-0.4, -0.2) is 26.9 Å². The molecule has 0 unspecified atom stereocenters. The third-order valence-corrected chi connectivity index (χ3v) is 3.35. The lowest BCUT2D eigenvalue weighted by atomic mass is 10.1. The van der Waals surface area contributed by atoms with Crippen LogP contribution in [0.1, 0.15) is 27.6 Å². The first-order valence-corrected chi connectivity index (χ1v) is 7.02. The molecular weight excluding hydrogens is 292 g/mol. The predicted octanol–water partition coefficient (Wildman–Crippen LogP) is 2.93. The van der Waals surface area contributed by atoms with Crippen molar-refractivity contribution in [3.05, 3.63) is 66.0 Å². The lowest BCUT2D eigenvalue weighted by Gasteiger charge is -2.06. The molecule has 6 heteroatoms. The van der Waals surface area contributed by atoms with E-state index in [0.717, 1.165) is 0 Å². The summed E-state index contributed by atoms with van der Waals surface area (Å²) in [6.07, 6.45) is 3.11. The summed E-state index contributed by atoms with van der Waals surface area (Å²) in [5.41, 5.74) is 2.80. The summed E-state index contributed by atoms with van der Waals surface area (Å²) in [5, 5.41) is 9.51. The van der Waals surface area contributed by atoms with Crippen molar-refractivity contribution in [1.82, 2.24) is 15.2 Å². The molecule has 0 saturated heterocycles. The molecule has 0 aliphatic heterocycles. The van der Waals surface area contributed by atoms with Crippen molar-refractivity contribution < 1.29 is 9.59 Å². The molecule has 1 aromatic carbocycles. The third-order valence-electron chi connectivity index (χ3n) is 3.35. The Morgan fingerprint density at radius 1 is 1.09 bits per heavy atom. The number of benzene rings is 1. The number of nitrogens with one attached hydrogen (secondary N) is 2. The normalized spacial score (nSPS) is 10.3. The molecule has 114 valence electrons. The SMILES string of the molecule is CC(=O)c1ccc(NC(=O)c2cn[nH]c2-c2ccccn2)cc1. The Morgan fingerprint density at radius 2 is 1.87 bits per heavy atom. The molecule has 0 spiro atoms. The summed E-state index contributed by atoms with van der Waals surface area (Å²) in [4.78, 5) is 27.9. The van der Waals surface area contributed by atoms with Crippen LogP contribution in [0.25, 0.3) is 11.4 Å². The second-order valence-corrected chi connectivity index (χ2v) is 4.96. The van der Waals surface area contributed by atoms with E-state index in [1.54, 1.807) is 42.6 Å². The zero-order chi connectivity index (χ0) is 16.2. The number of carbonyl (C=O) groups excluding carboxylic acids is 2. The van der Waals surface area contributed by atoms with Crippen molar-refractivity contribution in [2.24, 2.45) is 0 Å². The van der Waals surface area contributed by atoms with Crippen LogP contribution in [0.4, 0.5) is 5.69 Å². The monoisotopic (exact) mass is 306 g/mol. The maximum atomic E-state index is 12.4. The maximum absolute atomic E-state index is 12.4. The number of anilines is 1. The van der Waals surface area contributed by atoms with Gasteiger partial charge in [-0.3, -0.25) is 19.7 Å². The Hall–Kier alpha value is -3.28. The minimum Gasteiger partial charge on any atom is -0.322 e. The van der Waals surface area contributed by atoms with Crippen molar-refractivity contribution in [2.75, 3.05) is 5.32 Å². The van der Waals surface area contributed by atoms with Crippen LogP contribution in [0.3, 0.4) is 0 Å². The number of nitrogens with zero attached hydrogens (tertiary/aromatic N) is 2. The molecule has 2 N–H and O–H groups in total. The molecule has 0 aliphatic carbocycles. The van der Waals surface area contributed by atoms with Gasteiger partial charge in [-0.05, 0) is 43.3 Å². The van der Waals surface area contributed by atoms with Gasteiger partial charge in [0.1, 0.15) is 0 Å². The van der Waals surface area contributed by atoms with Gasteiger partial charge in [0.15, 0.2) is 5.78 Å². The Bertz CT molecular complexity index is 839. The predicted molar refractivity (Wildman–Crippen MR) is 86.2 cm³/mol. The zero-order valence-electron chi connectivity index (χ0n) is 12.4. The van der Waals surface area contributed by atoms with Crippen LogP contribution in [0.5, 0.6) is 0 Å². The van der Waals surface area contributed by atoms with Crippen molar-refractivity contribution >= 4 is 17.4 Å². The van der Waals surface area contributed by atoms with E-state index in [2.05, 4.69) is 20.5 Å². The number of carbonyl (C=O) groups is 2. The van der Waals surface area contributed by atoms with Gasteiger partial charge in [-0.15, -0.1) is 0 Å². The van der Waals surface area contributed by atoms with E-state index < -0.39 is 0 Å². The van der Waals surface area contributed by atoms with Gasteiger partial charge >= 0.3 is 0 Å². The fourth-order valence-electron chi connectivity index (χ4n) is 2.15.